The van der Waals surface area contributed by atoms with Crippen LogP contribution >= 0.6 is 0 Å². The van der Waals surface area contributed by atoms with E-state index >= 15 is 0 Å². The summed E-state index contributed by atoms with van der Waals surface area (Å²) in [6.45, 7) is 10.2. The fourth-order valence-electron chi connectivity index (χ4n) is 3.41. The Bertz CT molecular complexity index is 792. The average Bonchev–Trinajstić information content (AvgIpc) is 2.47. The number of carbonyl (C=O) groups is 1. The first kappa shape index (κ1) is 16.6. The molecule has 0 aliphatic carbocycles. The third kappa shape index (κ3) is 3.30. The maximum Gasteiger partial charge on any atom is 0.252 e. The summed E-state index contributed by atoms with van der Waals surface area (Å²) in [5, 5.41) is 3.22. The molecule has 0 saturated heterocycles. The Morgan fingerprint density at radius 1 is 1.08 bits per heavy atom. The lowest BCUT2D eigenvalue weighted by Gasteiger charge is -2.38. The quantitative estimate of drug-likeness (QED) is 0.874. The van der Waals surface area contributed by atoms with Gasteiger partial charge in [-0.2, -0.15) is 0 Å². The van der Waals surface area contributed by atoms with Gasteiger partial charge in [0.1, 0.15) is 11.4 Å². The summed E-state index contributed by atoms with van der Waals surface area (Å²) < 4.78 is 6.08. The van der Waals surface area contributed by atoms with Crippen molar-refractivity contribution in [3.05, 3.63) is 64.2 Å². The van der Waals surface area contributed by atoms with E-state index in [9.17, 15) is 4.79 Å². The van der Waals surface area contributed by atoms with Crippen LogP contribution in [0.4, 0.5) is 0 Å². The van der Waals surface area contributed by atoms with Crippen molar-refractivity contribution in [3.8, 4) is 5.75 Å². The molecule has 1 aliphatic heterocycles. The van der Waals surface area contributed by atoms with Gasteiger partial charge in [-0.15, -0.1) is 0 Å². The summed E-state index contributed by atoms with van der Waals surface area (Å²) >= 11 is 0. The summed E-state index contributed by atoms with van der Waals surface area (Å²) in [4.78, 5) is 12.8. The van der Waals surface area contributed by atoms with E-state index in [1.54, 1.807) is 0 Å². The first-order valence-electron chi connectivity index (χ1n) is 8.43. The van der Waals surface area contributed by atoms with Crippen LogP contribution in [0.2, 0.25) is 0 Å². The lowest BCUT2D eigenvalue weighted by Crippen LogP contribution is -2.41. The molecular formula is C21H25NO2. The van der Waals surface area contributed by atoms with Crippen LogP contribution in [-0.2, 0) is 0 Å². The fourth-order valence-corrected chi connectivity index (χ4v) is 3.41. The minimum Gasteiger partial charge on any atom is -0.487 e. The molecule has 24 heavy (non-hydrogen) atoms. The second-order valence-corrected chi connectivity index (χ2v) is 7.45. The average molecular weight is 323 g/mol. The van der Waals surface area contributed by atoms with Gasteiger partial charge >= 0.3 is 0 Å². The summed E-state index contributed by atoms with van der Waals surface area (Å²) in [6, 6.07) is 12.0. The first-order valence-corrected chi connectivity index (χ1v) is 8.43. The van der Waals surface area contributed by atoms with Gasteiger partial charge in [0.05, 0.1) is 6.04 Å². The van der Waals surface area contributed by atoms with E-state index in [4.69, 9.17) is 4.74 Å². The van der Waals surface area contributed by atoms with Crippen molar-refractivity contribution in [2.24, 2.45) is 0 Å². The molecule has 2 aromatic carbocycles. The van der Waals surface area contributed by atoms with Crippen molar-refractivity contribution >= 4 is 5.91 Å². The van der Waals surface area contributed by atoms with Crippen LogP contribution < -0.4 is 10.1 Å². The lowest BCUT2D eigenvalue weighted by molar-refractivity contribution is 0.0619. The highest BCUT2D eigenvalue weighted by molar-refractivity contribution is 5.96. The Balaban J connectivity index is 1.91. The van der Waals surface area contributed by atoms with Gasteiger partial charge < -0.3 is 10.1 Å². The molecule has 0 unspecified atom stereocenters. The molecule has 0 radical (unpaired) electrons. The largest absolute Gasteiger partial charge is 0.487 e. The Hall–Kier alpha value is -2.29. The topological polar surface area (TPSA) is 38.3 Å². The number of hydrogen-bond donors (Lipinski definition) is 1. The smallest absolute Gasteiger partial charge is 0.252 e. The minimum atomic E-state index is -0.303. The van der Waals surface area contributed by atoms with Gasteiger partial charge in [-0.05, 0) is 52.3 Å². The molecule has 1 amide bonds. The van der Waals surface area contributed by atoms with Crippen LogP contribution in [0, 0.1) is 20.8 Å². The van der Waals surface area contributed by atoms with E-state index in [1.165, 1.54) is 5.56 Å². The number of aryl methyl sites for hydroxylation is 3. The molecule has 126 valence electrons. The minimum absolute atomic E-state index is 0.0253. The van der Waals surface area contributed by atoms with E-state index in [-0.39, 0.29) is 17.6 Å². The molecule has 3 nitrogen and oxygen atoms in total. The van der Waals surface area contributed by atoms with Crippen LogP contribution in [0.5, 0.6) is 5.75 Å². The van der Waals surface area contributed by atoms with Gasteiger partial charge in [0.15, 0.2) is 0 Å². The zero-order valence-electron chi connectivity index (χ0n) is 15.1. The summed E-state index contributed by atoms with van der Waals surface area (Å²) in [5.74, 6) is 0.838. The Morgan fingerprint density at radius 2 is 1.75 bits per heavy atom. The third-order valence-corrected chi connectivity index (χ3v) is 4.55. The number of benzene rings is 2. The molecule has 1 atom stereocenters. The van der Waals surface area contributed by atoms with Crippen LogP contribution in [0.1, 0.15) is 58.9 Å². The highest BCUT2D eigenvalue weighted by atomic mass is 16.5. The Labute approximate surface area is 144 Å². The van der Waals surface area contributed by atoms with E-state index in [2.05, 4.69) is 32.2 Å². The SMILES string of the molecule is Cc1ccc(C(=O)N[C@H]2CC(C)(C)Oc3ccc(C)cc32)c(C)c1. The van der Waals surface area contributed by atoms with E-state index in [0.29, 0.717) is 0 Å². The van der Waals surface area contributed by atoms with Gasteiger partial charge in [-0.1, -0.05) is 35.4 Å². The number of ether oxygens (including phenoxy) is 1. The van der Waals surface area contributed by atoms with Crippen molar-refractivity contribution in [1.82, 2.24) is 5.32 Å². The van der Waals surface area contributed by atoms with Crippen LogP contribution in [0.15, 0.2) is 36.4 Å². The summed E-state index contributed by atoms with van der Waals surface area (Å²) in [5.41, 5.74) is 4.83. The summed E-state index contributed by atoms with van der Waals surface area (Å²) in [6.07, 6.45) is 0.750. The van der Waals surface area contributed by atoms with Crippen molar-refractivity contribution in [3.63, 3.8) is 0 Å². The number of amides is 1. The predicted molar refractivity (Wildman–Crippen MR) is 96.6 cm³/mol. The standard InChI is InChI=1S/C21H25NO2/c1-13-6-8-16(15(3)10-13)20(23)22-18-12-21(4,5)24-19-9-7-14(2)11-17(18)19/h6-11,18H,12H2,1-5H3,(H,22,23)/t18-/m0/s1. The molecule has 0 spiro atoms. The van der Waals surface area contributed by atoms with Gasteiger partial charge in [0, 0.05) is 17.5 Å². The number of nitrogens with one attached hydrogen (secondary N) is 1. The van der Waals surface area contributed by atoms with Gasteiger partial charge in [-0.3, -0.25) is 4.79 Å². The molecule has 2 aromatic rings. The van der Waals surface area contributed by atoms with Crippen LogP contribution in [0.3, 0.4) is 0 Å². The molecule has 0 aromatic heterocycles. The number of hydrogen-bond acceptors (Lipinski definition) is 2. The Kier molecular flexibility index (Phi) is 4.12. The van der Waals surface area contributed by atoms with Gasteiger partial charge in [-0.25, -0.2) is 0 Å². The Morgan fingerprint density at radius 3 is 2.46 bits per heavy atom. The molecular weight excluding hydrogens is 298 g/mol. The predicted octanol–water partition coefficient (Wildman–Crippen LogP) is 4.64. The zero-order chi connectivity index (χ0) is 17.5. The number of carbonyl (C=O) groups excluding carboxylic acids is 1. The van der Waals surface area contributed by atoms with E-state index in [1.807, 2.05) is 44.2 Å². The molecule has 1 heterocycles. The summed E-state index contributed by atoms with van der Waals surface area (Å²) in [7, 11) is 0. The highest BCUT2D eigenvalue weighted by Gasteiger charge is 2.34. The maximum atomic E-state index is 12.8. The molecule has 1 N–H and O–H groups in total. The molecule has 0 saturated carbocycles. The zero-order valence-corrected chi connectivity index (χ0v) is 15.1. The van der Waals surface area contributed by atoms with Crippen molar-refractivity contribution in [2.75, 3.05) is 0 Å². The monoisotopic (exact) mass is 323 g/mol. The molecule has 3 heteroatoms. The fraction of sp³-hybridized carbons (Fsp3) is 0.381. The van der Waals surface area contributed by atoms with Gasteiger partial charge in [0.2, 0.25) is 0 Å². The van der Waals surface area contributed by atoms with E-state index in [0.717, 1.165) is 34.4 Å². The van der Waals surface area contributed by atoms with Crippen LogP contribution in [-0.4, -0.2) is 11.5 Å². The van der Waals surface area contributed by atoms with Crippen LogP contribution in [0.25, 0.3) is 0 Å². The molecule has 0 bridgehead atoms. The molecule has 0 fully saturated rings. The number of rotatable bonds is 2. The van der Waals surface area contributed by atoms with Gasteiger partial charge in [0.25, 0.3) is 5.91 Å². The second-order valence-electron chi connectivity index (χ2n) is 7.45. The normalized spacial score (nSPS) is 18.5. The van der Waals surface area contributed by atoms with Crippen molar-refractivity contribution < 1.29 is 9.53 Å². The molecule has 3 rings (SSSR count). The lowest BCUT2D eigenvalue weighted by atomic mass is 9.88. The highest BCUT2D eigenvalue weighted by Crippen LogP contribution is 2.40. The van der Waals surface area contributed by atoms with Crippen molar-refractivity contribution in [2.45, 2.75) is 52.7 Å². The second kappa shape index (κ2) is 5.97. The molecule has 1 aliphatic rings. The van der Waals surface area contributed by atoms with Crippen molar-refractivity contribution in [1.29, 1.82) is 0 Å². The third-order valence-electron chi connectivity index (χ3n) is 4.55. The maximum absolute atomic E-state index is 12.8. The van der Waals surface area contributed by atoms with E-state index < -0.39 is 0 Å². The number of fused-ring (bicyclic) bond motifs is 1. The first-order chi connectivity index (χ1) is 11.2.